The molecule has 1 aliphatic heterocycles. The molecule has 0 amide bonds. The van der Waals surface area contributed by atoms with Crippen LogP contribution >= 0.6 is 12.2 Å². The van der Waals surface area contributed by atoms with E-state index in [9.17, 15) is 15.2 Å². The minimum atomic E-state index is -0.475. The lowest BCUT2D eigenvalue weighted by Gasteiger charge is -2.27. The van der Waals surface area contributed by atoms with Crippen molar-refractivity contribution in [1.29, 1.82) is 0 Å². The van der Waals surface area contributed by atoms with E-state index in [1.807, 2.05) is 0 Å². The summed E-state index contributed by atoms with van der Waals surface area (Å²) in [5, 5.41) is 33.0. The summed E-state index contributed by atoms with van der Waals surface area (Å²) in [4.78, 5) is 12.9. The van der Waals surface area contributed by atoms with E-state index < -0.39 is 4.92 Å². The number of nitrogens with zero attached hydrogens (tertiary/aromatic N) is 5. The zero-order chi connectivity index (χ0) is 18.7. The Balaban J connectivity index is 2.08. The van der Waals surface area contributed by atoms with Crippen molar-refractivity contribution < 1.29 is 10.0 Å². The van der Waals surface area contributed by atoms with E-state index in [1.54, 1.807) is 17.7 Å². The lowest BCUT2D eigenvalue weighted by Crippen LogP contribution is -2.31. The second-order valence-corrected chi connectivity index (χ2v) is 6.52. The fourth-order valence-electron chi connectivity index (χ4n) is 3.11. The second kappa shape index (κ2) is 7.75. The van der Waals surface area contributed by atoms with Crippen LogP contribution in [0.25, 0.3) is 10.9 Å². The van der Waals surface area contributed by atoms with Crippen molar-refractivity contribution in [3.8, 4) is 5.88 Å². The Hall–Kier alpha value is -2.59. The summed E-state index contributed by atoms with van der Waals surface area (Å²) >= 11 is 4.95. The standard InChI is InChI=1S/C16H20N6O3S/c1-17-16(26)19-18-14-12-9-11(22(24)25)5-6-13(12)21(15(14)23)10-20-7-3-2-4-8-20/h5-6,9,23H,2-4,7-8,10H2,1H3,(H,17,26). The molecule has 1 fully saturated rings. The minimum Gasteiger partial charge on any atom is -0.493 e. The number of hydrogen-bond donors (Lipinski definition) is 2. The molecule has 0 bridgehead atoms. The van der Waals surface area contributed by atoms with Crippen molar-refractivity contribution in [2.24, 2.45) is 10.2 Å². The van der Waals surface area contributed by atoms with Crippen LogP contribution in [0.3, 0.4) is 0 Å². The Bertz CT molecular complexity index is 872. The van der Waals surface area contributed by atoms with E-state index in [-0.39, 0.29) is 22.4 Å². The molecule has 1 aliphatic rings. The summed E-state index contributed by atoms with van der Waals surface area (Å²) in [6.45, 7) is 2.39. The molecule has 2 heterocycles. The number of non-ortho nitro benzene ring substituents is 1. The van der Waals surface area contributed by atoms with E-state index in [0.717, 1.165) is 25.9 Å². The van der Waals surface area contributed by atoms with Crippen LogP contribution in [0.2, 0.25) is 0 Å². The highest BCUT2D eigenvalue weighted by Gasteiger charge is 2.22. The predicted octanol–water partition coefficient (Wildman–Crippen LogP) is 3.29. The molecule has 0 spiro atoms. The molecular formula is C16H20N6O3S. The number of fused-ring (bicyclic) bond motifs is 1. The van der Waals surface area contributed by atoms with Crippen LogP contribution in [-0.2, 0) is 6.67 Å². The molecule has 9 nitrogen and oxygen atoms in total. The van der Waals surface area contributed by atoms with Gasteiger partial charge in [0.1, 0.15) is 0 Å². The van der Waals surface area contributed by atoms with E-state index >= 15 is 0 Å². The molecule has 1 aromatic heterocycles. The highest BCUT2D eigenvalue weighted by molar-refractivity contribution is 7.80. The van der Waals surface area contributed by atoms with E-state index in [4.69, 9.17) is 12.2 Å². The van der Waals surface area contributed by atoms with Gasteiger partial charge in [-0.25, -0.2) is 0 Å². The molecule has 2 N–H and O–H groups in total. The van der Waals surface area contributed by atoms with Gasteiger partial charge >= 0.3 is 0 Å². The molecule has 0 saturated carbocycles. The van der Waals surface area contributed by atoms with Crippen LogP contribution < -0.4 is 5.32 Å². The van der Waals surface area contributed by atoms with Crippen LogP contribution in [0.5, 0.6) is 5.88 Å². The second-order valence-electron chi connectivity index (χ2n) is 6.13. The van der Waals surface area contributed by atoms with Gasteiger partial charge in [-0.05, 0) is 44.2 Å². The van der Waals surface area contributed by atoms with Crippen LogP contribution in [0.15, 0.2) is 28.4 Å². The van der Waals surface area contributed by atoms with Crippen molar-refractivity contribution in [2.75, 3.05) is 20.1 Å². The number of aromatic hydroxyl groups is 1. The first-order chi connectivity index (χ1) is 12.5. The van der Waals surface area contributed by atoms with Gasteiger partial charge in [0, 0.05) is 24.6 Å². The van der Waals surface area contributed by atoms with Gasteiger partial charge in [0.15, 0.2) is 5.69 Å². The number of hydrogen-bond acceptors (Lipinski definition) is 6. The van der Waals surface area contributed by atoms with Crippen molar-refractivity contribution in [3.05, 3.63) is 28.3 Å². The van der Waals surface area contributed by atoms with Gasteiger partial charge in [-0.15, -0.1) is 10.2 Å². The first-order valence-corrected chi connectivity index (χ1v) is 8.77. The summed E-state index contributed by atoms with van der Waals surface area (Å²) < 4.78 is 1.71. The van der Waals surface area contributed by atoms with Gasteiger partial charge in [0.2, 0.25) is 11.0 Å². The molecule has 0 radical (unpaired) electrons. The molecule has 0 aliphatic carbocycles. The van der Waals surface area contributed by atoms with Crippen molar-refractivity contribution in [1.82, 2.24) is 14.8 Å². The highest BCUT2D eigenvalue weighted by atomic mass is 32.1. The van der Waals surface area contributed by atoms with Crippen molar-refractivity contribution in [3.63, 3.8) is 0 Å². The third-order valence-electron chi connectivity index (χ3n) is 4.45. The lowest BCUT2D eigenvalue weighted by molar-refractivity contribution is -0.384. The Kier molecular flexibility index (Phi) is 5.43. The van der Waals surface area contributed by atoms with Crippen molar-refractivity contribution >= 4 is 39.6 Å². The monoisotopic (exact) mass is 376 g/mol. The lowest BCUT2D eigenvalue weighted by atomic mass is 10.1. The van der Waals surface area contributed by atoms with E-state index in [1.165, 1.54) is 18.6 Å². The molecule has 10 heteroatoms. The number of nitrogens with one attached hydrogen (secondary N) is 1. The maximum absolute atomic E-state index is 11.1. The number of piperidine rings is 1. The first-order valence-electron chi connectivity index (χ1n) is 8.36. The minimum absolute atomic E-state index is 0.0692. The molecule has 1 aromatic carbocycles. The number of benzene rings is 1. The third kappa shape index (κ3) is 3.65. The van der Waals surface area contributed by atoms with Gasteiger partial charge in [0.25, 0.3) is 5.69 Å². The van der Waals surface area contributed by atoms with E-state index in [0.29, 0.717) is 17.6 Å². The molecule has 138 valence electrons. The smallest absolute Gasteiger partial charge is 0.270 e. The van der Waals surface area contributed by atoms with Crippen LogP contribution in [-0.4, -0.2) is 44.7 Å². The Labute approximate surface area is 155 Å². The van der Waals surface area contributed by atoms with Gasteiger partial charge in [-0.1, -0.05) is 6.42 Å². The molecule has 3 rings (SSSR count). The quantitative estimate of drug-likeness (QED) is 0.367. The number of likely N-dealkylation sites (tertiary alicyclic amines) is 1. The summed E-state index contributed by atoms with van der Waals surface area (Å²) in [5.74, 6) is -0.0753. The number of rotatable bonds is 4. The first kappa shape index (κ1) is 18.2. The van der Waals surface area contributed by atoms with Crippen LogP contribution in [0.4, 0.5) is 11.4 Å². The van der Waals surface area contributed by atoms with Crippen molar-refractivity contribution in [2.45, 2.75) is 25.9 Å². The van der Waals surface area contributed by atoms with Gasteiger partial charge in [-0.3, -0.25) is 19.6 Å². The summed E-state index contributed by atoms with van der Waals surface area (Å²) in [6.07, 6.45) is 3.45. The van der Waals surface area contributed by atoms with Crippen LogP contribution in [0.1, 0.15) is 19.3 Å². The van der Waals surface area contributed by atoms with Gasteiger partial charge < -0.3 is 10.4 Å². The fraction of sp³-hybridized carbons (Fsp3) is 0.438. The molecule has 0 unspecified atom stereocenters. The molecule has 2 aromatic rings. The maximum atomic E-state index is 11.1. The number of nitro groups is 1. The average molecular weight is 376 g/mol. The number of azo groups is 1. The third-order valence-corrected chi connectivity index (χ3v) is 4.73. The Morgan fingerprint density at radius 2 is 2.12 bits per heavy atom. The largest absolute Gasteiger partial charge is 0.493 e. The SMILES string of the molecule is CNC(=S)N=Nc1c(O)n(CN2CCCCC2)c2ccc([N+](=O)[O-])cc12. The normalized spacial score (nSPS) is 15.6. The Morgan fingerprint density at radius 3 is 2.77 bits per heavy atom. The van der Waals surface area contributed by atoms with Gasteiger partial charge in [0.05, 0.1) is 17.1 Å². The zero-order valence-corrected chi connectivity index (χ0v) is 15.2. The van der Waals surface area contributed by atoms with Gasteiger partial charge in [-0.2, -0.15) is 0 Å². The number of nitro benzene ring substituents is 1. The number of aromatic nitrogens is 1. The molecule has 26 heavy (non-hydrogen) atoms. The fourth-order valence-corrected chi connectivity index (χ4v) is 3.15. The highest BCUT2D eigenvalue weighted by Crippen LogP contribution is 2.40. The maximum Gasteiger partial charge on any atom is 0.270 e. The molecular weight excluding hydrogens is 356 g/mol. The topological polar surface area (TPSA) is 108 Å². The number of thiocarbonyl (C=S) groups is 1. The molecule has 0 atom stereocenters. The average Bonchev–Trinajstić information content (AvgIpc) is 2.91. The van der Waals surface area contributed by atoms with Crippen LogP contribution in [0, 0.1) is 10.1 Å². The summed E-state index contributed by atoms with van der Waals surface area (Å²) in [7, 11) is 1.62. The predicted molar refractivity (Wildman–Crippen MR) is 102 cm³/mol. The Morgan fingerprint density at radius 1 is 1.38 bits per heavy atom. The van der Waals surface area contributed by atoms with E-state index in [2.05, 4.69) is 20.4 Å². The summed E-state index contributed by atoms with van der Waals surface area (Å²) in [5.41, 5.74) is 0.779. The zero-order valence-electron chi connectivity index (χ0n) is 14.4. The summed E-state index contributed by atoms with van der Waals surface area (Å²) in [6, 6.07) is 4.46. The molecule has 1 saturated heterocycles.